The summed E-state index contributed by atoms with van der Waals surface area (Å²) in [5.41, 5.74) is 0. The molecule has 3 aliphatic rings. The highest BCUT2D eigenvalue weighted by Crippen LogP contribution is 2.42. The van der Waals surface area contributed by atoms with Crippen LogP contribution in [0.15, 0.2) is 0 Å². The molecule has 3 aliphatic heterocycles. The van der Waals surface area contributed by atoms with Crippen LogP contribution in [0.5, 0.6) is 0 Å². The Hall–Kier alpha value is -1.26. The summed E-state index contributed by atoms with van der Waals surface area (Å²) < 4.78 is 9.61. The van der Waals surface area contributed by atoms with Crippen LogP contribution in [0.4, 0.5) is 4.79 Å². The summed E-state index contributed by atoms with van der Waals surface area (Å²) in [4.78, 5) is 23.2. The lowest BCUT2D eigenvalue weighted by Gasteiger charge is -2.21. The first-order chi connectivity index (χ1) is 5.29. The summed E-state index contributed by atoms with van der Waals surface area (Å²) in [6.07, 6.45) is -0.585. The number of carbonyl (C=O) groups excluding carboxylic acids is 2. The maximum absolute atomic E-state index is 10.9. The molecule has 5 nitrogen and oxygen atoms in total. The number of fused-ring (bicyclic) bond motifs is 1. The van der Waals surface area contributed by atoms with E-state index in [1.807, 2.05) is 0 Å². The van der Waals surface area contributed by atoms with Crippen LogP contribution in [0.1, 0.15) is 0 Å². The molecule has 0 aliphatic carbocycles. The van der Waals surface area contributed by atoms with E-state index < -0.39 is 0 Å². The van der Waals surface area contributed by atoms with Crippen molar-refractivity contribution in [3.63, 3.8) is 0 Å². The molecule has 0 saturated carbocycles. The summed E-state index contributed by atoms with van der Waals surface area (Å²) in [5.74, 6) is -0.281. The predicted molar refractivity (Wildman–Crippen MR) is 30.6 cm³/mol. The lowest BCUT2D eigenvalue weighted by atomic mass is 10.2. The molecular formula is C6H5NO4. The maximum atomic E-state index is 10.9. The second kappa shape index (κ2) is 1.34. The molecule has 0 aromatic heterocycles. The highest BCUT2D eigenvalue weighted by molar-refractivity contribution is 5.92. The molecule has 0 aromatic carbocycles. The van der Waals surface area contributed by atoms with Crippen molar-refractivity contribution < 1.29 is 19.1 Å². The van der Waals surface area contributed by atoms with Gasteiger partial charge in [0, 0.05) is 0 Å². The smallest absolute Gasteiger partial charge is 0.411 e. The minimum atomic E-state index is -0.382. The summed E-state index contributed by atoms with van der Waals surface area (Å²) in [5, 5.41) is 0. The first kappa shape index (κ1) is 5.40. The number of amides is 1. The highest BCUT2D eigenvalue weighted by Gasteiger charge is 2.69. The molecule has 3 saturated heterocycles. The number of cyclic esters (lactones) is 1. The minimum absolute atomic E-state index is 0.0104. The molecule has 0 bridgehead atoms. The Morgan fingerprint density at radius 2 is 2.27 bits per heavy atom. The van der Waals surface area contributed by atoms with Gasteiger partial charge in [0.25, 0.3) is 0 Å². The molecule has 3 atom stereocenters. The Morgan fingerprint density at radius 1 is 1.45 bits per heavy atom. The zero-order valence-electron chi connectivity index (χ0n) is 5.52. The van der Waals surface area contributed by atoms with Crippen molar-refractivity contribution in [1.82, 2.24) is 4.90 Å². The second-order valence-electron chi connectivity index (χ2n) is 2.89. The summed E-state index contributed by atoms with van der Waals surface area (Å²) in [6, 6.07) is -0.334. The lowest BCUT2D eigenvalue weighted by molar-refractivity contribution is -0.150. The topological polar surface area (TPSA) is 55.6 Å². The molecule has 0 spiro atoms. The Balaban J connectivity index is 1.98. The number of hydrogen-bond donors (Lipinski definition) is 0. The van der Waals surface area contributed by atoms with Crippen molar-refractivity contribution in [2.24, 2.45) is 0 Å². The molecule has 1 amide bonds. The van der Waals surface area contributed by atoms with E-state index in [1.165, 1.54) is 4.90 Å². The molecule has 0 N–H and O–H groups in total. The van der Waals surface area contributed by atoms with Gasteiger partial charge >= 0.3 is 12.1 Å². The van der Waals surface area contributed by atoms with Gasteiger partial charge < -0.3 is 9.47 Å². The van der Waals surface area contributed by atoms with E-state index in [0.29, 0.717) is 0 Å². The standard InChI is InChI=1S/C6H5NO4/c8-5-4-3-2(11-5)1-10-6(9)7(3)4/h2-4H,1H2/t2-,3+,4+,7?/m1/s1. The Labute approximate surface area is 61.9 Å². The van der Waals surface area contributed by atoms with Crippen LogP contribution in [0.2, 0.25) is 0 Å². The third-order valence-electron chi connectivity index (χ3n) is 2.33. The van der Waals surface area contributed by atoms with Gasteiger partial charge in [-0.15, -0.1) is 0 Å². The largest absolute Gasteiger partial charge is 0.455 e. The van der Waals surface area contributed by atoms with E-state index in [0.717, 1.165) is 0 Å². The van der Waals surface area contributed by atoms with Crippen molar-refractivity contribution >= 4 is 12.1 Å². The van der Waals surface area contributed by atoms with E-state index in [4.69, 9.17) is 9.47 Å². The SMILES string of the molecule is O=C1O[C@@H]2COC(=O)N3[C@@H]2[C@@H]13. The van der Waals surface area contributed by atoms with Crippen LogP contribution in [0, 0.1) is 0 Å². The van der Waals surface area contributed by atoms with Crippen LogP contribution in [-0.2, 0) is 14.3 Å². The lowest BCUT2D eigenvalue weighted by Crippen LogP contribution is -2.38. The maximum Gasteiger partial charge on any atom is 0.411 e. The summed E-state index contributed by atoms with van der Waals surface area (Å²) in [6.45, 7) is 0.224. The molecule has 0 unspecified atom stereocenters. The normalized spacial score (nSPS) is 44.7. The van der Waals surface area contributed by atoms with Crippen LogP contribution < -0.4 is 0 Å². The first-order valence-electron chi connectivity index (χ1n) is 3.44. The number of rotatable bonds is 0. The highest BCUT2D eigenvalue weighted by atomic mass is 16.6. The van der Waals surface area contributed by atoms with Crippen molar-refractivity contribution in [2.75, 3.05) is 6.61 Å². The van der Waals surface area contributed by atoms with E-state index in [-0.39, 0.29) is 36.9 Å². The number of esters is 1. The van der Waals surface area contributed by atoms with E-state index in [9.17, 15) is 9.59 Å². The average Bonchev–Trinajstić information content (AvgIpc) is 2.63. The zero-order chi connectivity index (χ0) is 7.59. The van der Waals surface area contributed by atoms with Gasteiger partial charge in [0.2, 0.25) is 0 Å². The molecule has 0 aromatic rings. The Morgan fingerprint density at radius 3 is 3.00 bits per heavy atom. The van der Waals surface area contributed by atoms with Gasteiger partial charge in [0.15, 0.2) is 12.1 Å². The molecule has 3 heterocycles. The van der Waals surface area contributed by atoms with Crippen molar-refractivity contribution in [2.45, 2.75) is 18.2 Å². The van der Waals surface area contributed by atoms with Crippen molar-refractivity contribution in [1.29, 1.82) is 0 Å². The van der Waals surface area contributed by atoms with Gasteiger partial charge in [-0.05, 0) is 0 Å². The van der Waals surface area contributed by atoms with Crippen LogP contribution in [0.25, 0.3) is 0 Å². The van der Waals surface area contributed by atoms with Crippen molar-refractivity contribution in [3.05, 3.63) is 0 Å². The number of hydrogen-bond acceptors (Lipinski definition) is 4. The fourth-order valence-corrected chi connectivity index (χ4v) is 1.77. The molecule has 5 heteroatoms. The second-order valence-corrected chi connectivity index (χ2v) is 2.89. The fraction of sp³-hybridized carbons (Fsp3) is 0.667. The number of nitrogens with zero attached hydrogens (tertiary/aromatic N) is 1. The van der Waals surface area contributed by atoms with Gasteiger partial charge in [-0.1, -0.05) is 0 Å². The van der Waals surface area contributed by atoms with Gasteiger partial charge in [0.05, 0.1) is 0 Å². The molecule has 3 rings (SSSR count). The number of carbonyl (C=O) groups is 2. The molecule has 3 fully saturated rings. The predicted octanol–water partition coefficient (Wildman–Crippen LogP) is -0.885. The Bertz CT molecular complexity index is 249. The van der Waals surface area contributed by atoms with Crippen molar-refractivity contribution in [3.8, 4) is 0 Å². The molecule has 0 radical (unpaired) electrons. The van der Waals surface area contributed by atoms with Gasteiger partial charge in [-0.3, -0.25) is 4.90 Å². The van der Waals surface area contributed by atoms with E-state index >= 15 is 0 Å². The van der Waals surface area contributed by atoms with E-state index in [1.54, 1.807) is 0 Å². The minimum Gasteiger partial charge on any atom is -0.455 e. The average molecular weight is 155 g/mol. The number of morpholine rings is 1. The zero-order valence-corrected chi connectivity index (χ0v) is 5.52. The van der Waals surface area contributed by atoms with Crippen LogP contribution in [-0.4, -0.2) is 41.8 Å². The quantitative estimate of drug-likeness (QED) is 0.336. The van der Waals surface area contributed by atoms with E-state index in [2.05, 4.69) is 0 Å². The molecule has 11 heavy (non-hydrogen) atoms. The van der Waals surface area contributed by atoms with Gasteiger partial charge in [-0.2, -0.15) is 0 Å². The first-order valence-corrected chi connectivity index (χ1v) is 3.44. The Kier molecular flexibility index (Phi) is 0.659. The monoisotopic (exact) mass is 155 g/mol. The summed E-state index contributed by atoms with van der Waals surface area (Å²) >= 11 is 0. The summed E-state index contributed by atoms with van der Waals surface area (Å²) in [7, 11) is 0. The third-order valence-corrected chi connectivity index (χ3v) is 2.33. The van der Waals surface area contributed by atoms with Gasteiger partial charge in [-0.25, -0.2) is 9.59 Å². The van der Waals surface area contributed by atoms with Crippen LogP contribution >= 0.6 is 0 Å². The van der Waals surface area contributed by atoms with Gasteiger partial charge in [0.1, 0.15) is 12.6 Å². The molecular weight excluding hydrogens is 150 g/mol. The number of ether oxygens (including phenoxy) is 2. The molecule has 58 valence electrons. The third kappa shape index (κ3) is 0.449. The van der Waals surface area contributed by atoms with Crippen LogP contribution in [0.3, 0.4) is 0 Å². The fourth-order valence-electron chi connectivity index (χ4n) is 1.77.